The van der Waals surface area contributed by atoms with Gasteiger partial charge < -0.3 is 4.74 Å². The van der Waals surface area contributed by atoms with Crippen LogP contribution < -0.4 is 4.74 Å². The molecule has 0 atom stereocenters. The molecule has 7 nitrogen and oxygen atoms in total. The number of ether oxygens (including phenoxy) is 1. The molecule has 138 valence electrons. The van der Waals surface area contributed by atoms with E-state index < -0.39 is 0 Å². The van der Waals surface area contributed by atoms with Crippen LogP contribution in [-0.4, -0.2) is 35.7 Å². The van der Waals surface area contributed by atoms with E-state index in [2.05, 4.69) is 25.3 Å². The molecule has 0 saturated heterocycles. The van der Waals surface area contributed by atoms with Crippen LogP contribution >= 0.6 is 11.8 Å². The fourth-order valence-corrected chi connectivity index (χ4v) is 3.90. The number of aryl methyl sites for hydroxylation is 1. The van der Waals surface area contributed by atoms with Crippen molar-refractivity contribution in [2.24, 2.45) is 0 Å². The van der Waals surface area contributed by atoms with Gasteiger partial charge in [-0.1, -0.05) is 77.5 Å². The second-order valence-corrected chi connectivity index (χ2v) is 7.26. The van der Waals surface area contributed by atoms with E-state index in [1.54, 1.807) is 11.8 Å². The molecule has 0 unspecified atom stereocenters. The van der Waals surface area contributed by atoms with Crippen molar-refractivity contribution in [1.29, 1.82) is 0 Å². The first-order chi connectivity index (χ1) is 13.9. The fraction of sp³-hybridized carbons (Fsp3) is 0.150. The van der Waals surface area contributed by atoms with E-state index in [9.17, 15) is 0 Å². The second kappa shape index (κ2) is 7.40. The van der Waals surface area contributed by atoms with Gasteiger partial charge in [-0.2, -0.15) is 10.1 Å². The monoisotopic (exact) mass is 388 g/mol. The lowest BCUT2D eigenvalue weighted by molar-refractivity contribution is 0.267. The van der Waals surface area contributed by atoms with E-state index in [4.69, 9.17) is 4.74 Å². The standard InChI is InChI=1S/C20H16N6OS/c1-3-7-14(8-4-1)17-18(15-9-5-2-6-10-15)23-24-19(22-17)27-13-16-21-20-26(25-16)11-12-28-20/h1-10H,11-13H2. The van der Waals surface area contributed by atoms with Crippen molar-refractivity contribution in [3.63, 3.8) is 0 Å². The molecule has 0 radical (unpaired) electrons. The molecule has 1 aliphatic heterocycles. The van der Waals surface area contributed by atoms with Crippen molar-refractivity contribution in [3.8, 4) is 28.5 Å². The van der Waals surface area contributed by atoms with E-state index in [-0.39, 0.29) is 12.6 Å². The number of fused-ring (bicyclic) bond motifs is 1. The number of hydrogen-bond donors (Lipinski definition) is 0. The van der Waals surface area contributed by atoms with Gasteiger partial charge in [0.2, 0.25) is 0 Å². The van der Waals surface area contributed by atoms with Gasteiger partial charge in [0, 0.05) is 16.9 Å². The van der Waals surface area contributed by atoms with E-state index in [1.165, 1.54) is 0 Å². The Balaban J connectivity index is 1.46. The average molecular weight is 388 g/mol. The summed E-state index contributed by atoms with van der Waals surface area (Å²) in [6.07, 6.45) is 0. The Kier molecular flexibility index (Phi) is 4.46. The van der Waals surface area contributed by atoms with Gasteiger partial charge in [0.15, 0.2) is 17.6 Å². The average Bonchev–Trinajstić information content (AvgIpc) is 3.35. The molecule has 1 aliphatic rings. The molecule has 0 bridgehead atoms. The summed E-state index contributed by atoms with van der Waals surface area (Å²) < 4.78 is 7.65. The highest BCUT2D eigenvalue weighted by molar-refractivity contribution is 7.99. The lowest BCUT2D eigenvalue weighted by atomic mass is 10.0. The summed E-state index contributed by atoms with van der Waals surface area (Å²) in [5.74, 6) is 1.64. The Morgan fingerprint density at radius 3 is 2.29 bits per heavy atom. The first-order valence-electron chi connectivity index (χ1n) is 8.92. The maximum atomic E-state index is 5.75. The summed E-state index contributed by atoms with van der Waals surface area (Å²) in [6, 6.07) is 20.0. The van der Waals surface area contributed by atoms with E-state index in [1.807, 2.05) is 65.3 Å². The van der Waals surface area contributed by atoms with Crippen LogP contribution in [0.4, 0.5) is 0 Å². The molecule has 0 amide bonds. The third-order valence-corrected chi connectivity index (χ3v) is 5.25. The first-order valence-corrected chi connectivity index (χ1v) is 9.90. The third-order valence-electron chi connectivity index (χ3n) is 4.31. The SMILES string of the molecule is c1ccc(-c2nnc(OCc3nc4n(n3)CCS4)nc2-c2ccccc2)cc1. The highest BCUT2D eigenvalue weighted by Gasteiger charge is 2.18. The van der Waals surface area contributed by atoms with Crippen LogP contribution in [0.15, 0.2) is 65.8 Å². The lowest BCUT2D eigenvalue weighted by Gasteiger charge is -2.09. The highest BCUT2D eigenvalue weighted by Crippen LogP contribution is 2.29. The summed E-state index contributed by atoms with van der Waals surface area (Å²) in [5, 5.41) is 13.9. The molecule has 8 heteroatoms. The number of thioether (sulfide) groups is 1. The van der Waals surface area contributed by atoms with Crippen LogP contribution in [0.3, 0.4) is 0 Å². The lowest BCUT2D eigenvalue weighted by Crippen LogP contribution is -2.06. The predicted molar refractivity (Wildman–Crippen MR) is 106 cm³/mol. The number of hydrogen-bond acceptors (Lipinski definition) is 7. The highest BCUT2D eigenvalue weighted by atomic mass is 32.2. The molecule has 5 rings (SSSR count). The molecule has 0 spiro atoms. The van der Waals surface area contributed by atoms with Gasteiger partial charge in [0.25, 0.3) is 0 Å². The van der Waals surface area contributed by atoms with Crippen LogP contribution in [0.1, 0.15) is 5.82 Å². The number of nitrogens with zero attached hydrogens (tertiary/aromatic N) is 6. The van der Waals surface area contributed by atoms with E-state index >= 15 is 0 Å². The van der Waals surface area contributed by atoms with Crippen LogP contribution in [0.2, 0.25) is 0 Å². The van der Waals surface area contributed by atoms with Gasteiger partial charge in [-0.15, -0.1) is 5.10 Å². The minimum atomic E-state index is 0.209. The Labute approximate surface area is 165 Å². The van der Waals surface area contributed by atoms with Crippen molar-refractivity contribution in [2.45, 2.75) is 18.3 Å². The fourth-order valence-electron chi connectivity index (χ4n) is 3.00. The summed E-state index contributed by atoms with van der Waals surface area (Å²) in [7, 11) is 0. The molecule has 4 aromatic rings. The molecule has 3 heterocycles. The molecule has 0 N–H and O–H groups in total. The summed E-state index contributed by atoms with van der Waals surface area (Å²) in [4.78, 5) is 9.10. The maximum Gasteiger partial charge on any atom is 0.336 e. The van der Waals surface area contributed by atoms with Gasteiger partial charge >= 0.3 is 6.01 Å². The van der Waals surface area contributed by atoms with Gasteiger partial charge in [-0.25, -0.2) is 9.67 Å². The van der Waals surface area contributed by atoms with Crippen molar-refractivity contribution in [1.82, 2.24) is 29.9 Å². The Morgan fingerprint density at radius 2 is 1.57 bits per heavy atom. The third kappa shape index (κ3) is 3.34. The Morgan fingerprint density at radius 1 is 0.857 bits per heavy atom. The molecule has 0 fully saturated rings. The van der Waals surface area contributed by atoms with Crippen LogP contribution in [-0.2, 0) is 13.2 Å². The van der Waals surface area contributed by atoms with Gasteiger partial charge in [0.1, 0.15) is 11.4 Å². The largest absolute Gasteiger partial charge is 0.454 e. The zero-order valence-corrected chi connectivity index (χ0v) is 15.7. The van der Waals surface area contributed by atoms with E-state index in [0.29, 0.717) is 5.82 Å². The molecule has 2 aromatic heterocycles. The Hall–Kier alpha value is -3.26. The summed E-state index contributed by atoms with van der Waals surface area (Å²) in [6.45, 7) is 1.09. The van der Waals surface area contributed by atoms with Crippen molar-refractivity contribution < 1.29 is 4.74 Å². The topological polar surface area (TPSA) is 78.6 Å². The van der Waals surface area contributed by atoms with E-state index in [0.717, 1.165) is 40.0 Å². The molecule has 0 aliphatic carbocycles. The number of benzene rings is 2. The quantitative estimate of drug-likeness (QED) is 0.518. The summed E-state index contributed by atoms with van der Waals surface area (Å²) in [5.41, 5.74) is 3.36. The minimum absolute atomic E-state index is 0.209. The molecular weight excluding hydrogens is 372 g/mol. The van der Waals surface area contributed by atoms with Crippen molar-refractivity contribution in [3.05, 3.63) is 66.5 Å². The second-order valence-electron chi connectivity index (χ2n) is 6.19. The zero-order chi connectivity index (χ0) is 18.8. The number of rotatable bonds is 5. The van der Waals surface area contributed by atoms with Gasteiger partial charge in [0.05, 0.1) is 6.54 Å². The Bertz CT molecular complexity index is 1080. The minimum Gasteiger partial charge on any atom is -0.454 e. The van der Waals surface area contributed by atoms with Gasteiger partial charge in [-0.05, 0) is 0 Å². The van der Waals surface area contributed by atoms with Crippen molar-refractivity contribution in [2.75, 3.05) is 5.75 Å². The normalized spacial score (nSPS) is 12.7. The van der Waals surface area contributed by atoms with Crippen LogP contribution in [0.25, 0.3) is 22.5 Å². The van der Waals surface area contributed by atoms with Crippen LogP contribution in [0, 0.1) is 0 Å². The molecule has 2 aromatic carbocycles. The number of aromatic nitrogens is 6. The smallest absolute Gasteiger partial charge is 0.336 e. The zero-order valence-electron chi connectivity index (χ0n) is 14.9. The predicted octanol–water partition coefficient (Wildman–Crippen LogP) is 3.48. The summed E-state index contributed by atoms with van der Waals surface area (Å²) >= 11 is 1.70. The molecular formula is C20H16N6OS. The van der Waals surface area contributed by atoms with Crippen molar-refractivity contribution >= 4 is 11.8 Å². The first kappa shape index (κ1) is 16.9. The maximum absolute atomic E-state index is 5.75. The van der Waals surface area contributed by atoms with Gasteiger partial charge in [-0.3, -0.25) is 0 Å². The molecule has 28 heavy (non-hydrogen) atoms. The van der Waals surface area contributed by atoms with Crippen LogP contribution in [0.5, 0.6) is 6.01 Å². The molecule has 0 saturated carbocycles.